The van der Waals surface area contributed by atoms with E-state index in [4.69, 9.17) is 16.6 Å². The lowest BCUT2D eigenvalue weighted by Crippen LogP contribution is -2.57. The highest BCUT2D eigenvalue weighted by Gasteiger charge is 2.30. The standard InChI is InChI=1S/C16H31N5O5S/c1-9(2)13(21-12(22)7-18)15(24)19-10(5-3-4-6-17)14(23)20-11(8-27)16(25)26/h9-11,13,27H,3-8,17-18H2,1-2H3,(H,19,24)(H,20,23)(H,21,22)(H,25,26). The number of nitrogens with two attached hydrogens (primary N) is 2. The van der Waals surface area contributed by atoms with Gasteiger partial charge < -0.3 is 32.5 Å². The van der Waals surface area contributed by atoms with Gasteiger partial charge in [-0.15, -0.1) is 0 Å². The molecule has 0 fully saturated rings. The van der Waals surface area contributed by atoms with Crippen molar-refractivity contribution in [1.82, 2.24) is 16.0 Å². The smallest absolute Gasteiger partial charge is 0.327 e. The molecule has 156 valence electrons. The molecule has 0 aliphatic carbocycles. The Bertz CT molecular complexity index is 517. The van der Waals surface area contributed by atoms with Crippen LogP contribution < -0.4 is 27.4 Å². The number of thiol groups is 1. The molecule has 0 aliphatic rings. The van der Waals surface area contributed by atoms with Gasteiger partial charge in [0, 0.05) is 5.75 Å². The van der Waals surface area contributed by atoms with Gasteiger partial charge in [0.1, 0.15) is 18.1 Å². The molecule has 3 amide bonds. The van der Waals surface area contributed by atoms with Crippen LogP contribution in [0.2, 0.25) is 0 Å². The monoisotopic (exact) mass is 405 g/mol. The Labute approximate surface area is 164 Å². The van der Waals surface area contributed by atoms with Crippen molar-refractivity contribution in [3.63, 3.8) is 0 Å². The number of carboxylic acid groups (broad SMARTS) is 1. The van der Waals surface area contributed by atoms with Crippen molar-refractivity contribution in [2.24, 2.45) is 17.4 Å². The number of carbonyl (C=O) groups is 4. The van der Waals surface area contributed by atoms with Crippen LogP contribution in [0.5, 0.6) is 0 Å². The third-order valence-electron chi connectivity index (χ3n) is 3.83. The maximum atomic E-state index is 12.6. The quantitative estimate of drug-likeness (QED) is 0.140. The molecule has 3 unspecified atom stereocenters. The molecule has 0 radical (unpaired) electrons. The van der Waals surface area contributed by atoms with Crippen LogP contribution in [-0.4, -0.2) is 65.8 Å². The summed E-state index contributed by atoms with van der Waals surface area (Å²) in [4.78, 5) is 47.7. The minimum Gasteiger partial charge on any atom is -0.480 e. The highest BCUT2D eigenvalue weighted by Crippen LogP contribution is 2.06. The number of aliphatic carboxylic acids is 1. The highest BCUT2D eigenvalue weighted by molar-refractivity contribution is 7.80. The van der Waals surface area contributed by atoms with E-state index in [-0.39, 0.29) is 24.6 Å². The summed E-state index contributed by atoms with van der Waals surface area (Å²) in [5, 5.41) is 16.5. The summed E-state index contributed by atoms with van der Waals surface area (Å²) in [6, 6.07) is -3.00. The van der Waals surface area contributed by atoms with Gasteiger partial charge in [-0.05, 0) is 31.7 Å². The lowest BCUT2D eigenvalue weighted by atomic mass is 10.0. The van der Waals surface area contributed by atoms with Gasteiger partial charge in [-0.1, -0.05) is 13.8 Å². The summed E-state index contributed by atoms with van der Waals surface area (Å²) >= 11 is 3.90. The van der Waals surface area contributed by atoms with E-state index in [1.54, 1.807) is 13.8 Å². The number of hydrogen-bond acceptors (Lipinski definition) is 7. The van der Waals surface area contributed by atoms with Crippen molar-refractivity contribution >= 4 is 36.3 Å². The summed E-state index contributed by atoms with van der Waals surface area (Å²) in [6.45, 7) is 3.65. The van der Waals surface area contributed by atoms with E-state index >= 15 is 0 Å². The van der Waals surface area contributed by atoms with Gasteiger partial charge in [0.2, 0.25) is 17.7 Å². The maximum Gasteiger partial charge on any atom is 0.327 e. The Morgan fingerprint density at radius 1 is 0.963 bits per heavy atom. The van der Waals surface area contributed by atoms with E-state index < -0.39 is 41.8 Å². The molecule has 11 heteroatoms. The van der Waals surface area contributed by atoms with Gasteiger partial charge in [-0.2, -0.15) is 12.6 Å². The van der Waals surface area contributed by atoms with Crippen LogP contribution in [0.15, 0.2) is 0 Å². The molecule has 0 saturated heterocycles. The van der Waals surface area contributed by atoms with E-state index in [9.17, 15) is 19.2 Å². The predicted molar refractivity (Wildman–Crippen MR) is 104 cm³/mol. The summed E-state index contributed by atoms with van der Waals surface area (Å²) in [6.07, 6.45) is 1.49. The molecule has 0 spiro atoms. The highest BCUT2D eigenvalue weighted by atomic mass is 32.1. The molecule has 0 rings (SSSR count). The summed E-state index contributed by atoms with van der Waals surface area (Å²) in [5.74, 6) is -3.22. The zero-order chi connectivity index (χ0) is 21.0. The SMILES string of the molecule is CC(C)C(NC(=O)CN)C(=O)NC(CCCCN)C(=O)NC(CS)C(=O)O. The molecule has 0 heterocycles. The number of unbranched alkanes of at least 4 members (excludes halogenated alkanes) is 1. The van der Waals surface area contributed by atoms with Crippen LogP contribution in [0.3, 0.4) is 0 Å². The van der Waals surface area contributed by atoms with Crippen molar-refractivity contribution in [2.45, 2.75) is 51.2 Å². The zero-order valence-corrected chi connectivity index (χ0v) is 16.6. The second-order valence-corrected chi connectivity index (χ2v) is 6.79. The summed E-state index contributed by atoms with van der Waals surface area (Å²) < 4.78 is 0. The van der Waals surface area contributed by atoms with E-state index in [0.29, 0.717) is 19.4 Å². The second-order valence-electron chi connectivity index (χ2n) is 6.42. The van der Waals surface area contributed by atoms with E-state index in [1.165, 1.54) is 0 Å². The molecular weight excluding hydrogens is 374 g/mol. The van der Waals surface area contributed by atoms with Crippen molar-refractivity contribution < 1.29 is 24.3 Å². The first kappa shape index (κ1) is 25.1. The molecule has 0 aromatic heterocycles. The van der Waals surface area contributed by atoms with Gasteiger partial charge >= 0.3 is 5.97 Å². The molecule has 0 aromatic rings. The Kier molecular flexibility index (Phi) is 12.4. The minimum atomic E-state index is -1.22. The van der Waals surface area contributed by atoms with Crippen LogP contribution >= 0.6 is 12.6 Å². The third-order valence-corrected chi connectivity index (χ3v) is 4.19. The largest absolute Gasteiger partial charge is 0.480 e. The number of carbonyl (C=O) groups excluding carboxylic acids is 3. The minimum absolute atomic E-state index is 0.0916. The molecule has 0 saturated carbocycles. The Morgan fingerprint density at radius 3 is 2.00 bits per heavy atom. The summed E-state index contributed by atoms with van der Waals surface area (Å²) in [7, 11) is 0. The van der Waals surface area contributed by atoms with Crippen LogP contribution in [0.4, 0.5) is 0 Å². The molecular formula is C16H31N5O5S. The Balaban J connectivity index is 5.19. The van der Waals surface area contributed by atoms with Gasteiger partial charge in [0.25, 0.3) is 0 Å². The molecule has 3 atom stereocenters. The third kappa shape index (κ3) is 9.59. The van der Waals surface area contributed by atoms with Crippen molar-refractivity contribution in [1.29, 1.82) is 0 Å². The van der Waals surface area contributed by atoms with Gasteiger partial charge in [0.05, 0.1) is 6.54 Å². The maximum absolute atomic E-state index is 12.6. The normalized spacial score (nSPS) is 14.1. The fourth-order valence-corrected chi connectivity index (χ4v) is 2.50. The Morgan fingerprint density at radius 2 is 1.56 bits per heavy atom. The average Bonchev–Trinajstić information content (AvgIpc) is 2.62. The first-order chi connectivity index (χ1) is 12.7. The number of nitrogens with one attached hydrogen (secondary N) is 3. The number of carboxylic acids is 1. The van der Waals surface area contributed by atoms with E-state index in [0.717, 1.165) is 0 Å². The molecule has 10 nitrogen and oxygen atoms in total. The number of hydrogen-bond donors (Lipinski definition) is 7. The fraction of sp³-hybridized carbons (Fsp3) is 0.750. The zero-order valence-electron chi connectivity index (χ0n) is 15.7. The fourth-order valence-electron chi connectivity index (χ4n) is 2.25. The van der Waals surface area contributed by atoms with Gasteiger partial charge in [-0.3, -0.25) is 14.4 Å². The van der Waals surface area contributed by atoms with Crippen molar-refractivity contribution in [3.05, 3.63) is 0 Å². The molecule has 0 aromatic carbocycles. The lowest BCUT2D eigenvalue weighted by Gasteiger charge is -2.26. The van der Waals surface area contributed by atoms with Gasteiger partial charge in [-0.25, -0.2) is 4.79 Å². The van der Waals surface area contributed by atoms with E-state index in [2.05, 4.69) is 28.6 Å². The van der Waals surface area contributed by atoms with Crippen LogP contribution in [0, 0.1) is 5.92 Å². The first-order valence-electron chi connectivity index (χ1n) is 8.81. The summed E-state index contributed by atoms with van der Waals surface area (Å²) in [5.41, 5.74) is 10.7. The number of rotatable bonds is 13. The van der Waals surface area contributed by atoms with Gasteiger partial charge in [0.15, 0.2) is 0 Å². The van der Waals surface area contributed by atoms with Crippen molar-refractivity contribution in [2.75, 3.05) is 18.8 Å². The topological polar surface area (TPSA) is 177 Å². The molecule has 0 aliphatic heterocycles. The second kappa shape index (κ2) is 13.3. The lowest BCUT2D eigenvalue weighted by molar-refractivity contribution is -0.141. The number of amides is 3. The average molecular weight is 406 g/mol. The van der Waals surface area contributed by atoms with Crippen LogP contribution in [-0.2, 0) is 19.2 Å². The van der Waals surface area contributed by atoms with E-state index in [1.807, 2.05) is 0 Å². The predicted octanol–water partition coefficient (Wildman–Crippen LogP) is -1.80. The van der Waals surface area contributed by atoms with Crippen LogP contribution in [0.25, 0.3) is 0 Å². The molecule has 0 bridgehead atoms. The molecule has 27 heavy (non-hydrogen) atoms. The Hall–Kier alpha value is -1.85. The van der Waals surface area contributed by atoms with Crippen LogP contribution in [0.1, 0.15) is 33.1 Å². The molecule has 8 N–H and O–H groups in total. The first-order valence-corrected chi connectivity index (χ1v) is 9.45. The van der Waals surface area contributed by atoms with Crippen molar-refractivity contribution in [3.8, 4) is 0 Å².